The first-order valence-electron chi connectivity index (χ1n) is 12.6. The van der Waals surface area contributed by atoms with E-state index in [0.29, 0.717) is 6.54 Å². The number of hydrogen-bond donors (Lipinski definition) is 1. The third kappa shape index (κ3) is 4.03. The summed E-state index contributed by atoms with van der Waals surface area (Å²) < 4.78 is 32.1. The van der Waals surface area contributed by atoms with Gasteiger partial charge in [0.05, 0.1) is 23.1 Å². The predicted octanol–water partition coefficient (Wildman–Crippen LogP) is 5.12. The Hall–Kier alpha value is -4.44. The van der Waals surface area contributed by atoms with E-state index in [-0.39, 0.29) is 18.0 Å². The van der Waals surface area contributed by atoms with Crippen molar-refractivity contribution in [2.45, 2.75) is 25.3 Å². The number of fused-ring (bicyclic) bond motifs is 2. The summed E-state index contributed by atoms with van der Waals surface area (Å²) in [6, 6.07) is 14.0. The summed E-state index contributed by atoms with van der Waals surface area (Å²) in [5.74, 6) is -0.864. The van der Waals surface area contributed by atoms with Crippen LogP contribution in [0.25, 0.3) is 33.5 Å². The molecule has 38 heavy (non-hydrogen) atoms. The van der Waals surface area contributed by atoms with E-state index in [1.165, 1.54) is 18.2 Å². The first-order valence-corrected chi connectivity index (χ1v) is 12.6. The zero-order chi connectivity index (χ0) is 25.6. The molecule has 7 rings (SSSR count). The monoisotopic (exact) mass is 510 g/mol. The molecule has 6 aromatic rings. The number of H-pyrrole nitrogens is 1. The molecule has 1 fully saturated rings. The van der Waals surface area contributed by atoms with Gasteiger partial charge in [-0.25, -0.2) is 18.4 Å². The Labute approximate surface area is 216 Å². The first-order chi connectivity index (χ1) is 18.6. The maximum atomic E-state index is 14.2. The van der Waals surface area contributed by atoms with Crippen LogP contribution >= 0.6 is 0 Å². The van der Waals surface area contributed by atoms with Gasteiger partial charge in [-0.05, 0) is 61.9 Å². The van der Waals surface area contributed by atoms with Crippen molar-refractivity contribution in [3.05, 3.63) is 96.2 Å². The third-order valence-electron chi connectivity index (χ3n) is 7.35. The van der Waals surface area contributed by atoms with Crippen LogP contribution in [-0.4, -0.2) is 52.6 Å². The number of nitrogens with zero attached hydrogens (tertiary/aromatic N) is 7. The van der Waals surface area contributed by atoms with Crippen molar-refractivity contribution in [1.29, 1.82) is 0 Å². The van der Waals surface area contributed by atoms with E-state index in [0.717, 1.165) is 58.6 Å². The maximum absolute atomic E-state index is 14.2. The van der Waals surface area contributed by atoms with E-state index in [9.17, 15) is 8.78 Å². The molecule has 1 N–H and O–H groups in total. The summed E-state index contributed by atoms with van der Waals surface area (Å²) in [4.78, 5) is 6.40. The molecule has 1 atom stereocenters. The Morgan fingerprint density at radius 2 is 1.92 bits per heavy atom. The molecule has 10 heteroatoms. The van der Waals surface area contributed by atoms with Crippen molar-refractivity contribution >= 4 is 16.6 Å². The molecule has 0 bridgehead atoms. The highest BCUT2D eigenvalue weighted by molar-refractivity contribution is 5.94. The lowest BCUT2D eigenvalue weighted by atomic mass is 9.95. The zero-order valence-corrected chi connectivity index (χ0v) is 20.4. The van der Waals surface area contributed by atoms with Crippen LogP contribution in [0.1, 0.15) is 30.0 Å². The fourth-order valence-corrected chi connectivity index (χ4v) is 5.36. The molecular weight excluding hydrogens is 486 g/mol. The van der Waals surface area contributed by atoms with Gasteiger partial charge in [-0.1, -0.05) is 11.3 Å². The standard InChI is InChI=1S/C28H24F2N8/c29-23-4-1-5-24(30)22(23)16-36-11-2-3-18(14-36)26-17-38(35-33-26)20-7-8-25-21(13-20)28(34-32-25)19-6-9-27-31-10-12-37(27)15-19/h1,4-10,12-13,15,17-18H,2-3,11,14,16H2,(H,32,34)/t18-/m1/s1. The second-order valence-electron chi connectivity index (χ2n) is 9.78. The highest BCUT2D eigenvalue weighted by Gasteiger charge is 2.25. The van der Waals surface area contributed by atoms with E-state index < -0.39 is 11.6 Å². The van der Waals surface area contributed by atoms with Crippen LogP contribution in [0.2, 0.25) is 0 Å². The van der Waals surface area contributed by atoms with E-state index >= 15 is 0 Å². The van der Waals surface area contributed by atoms with Crippen LogP contribution in [0.3, 0.4) is 0 Å². The average Bonchev–Trinajstić information content (AvgIpc) is 3.70. The number of benzene rings is 2. The number of aromatic nitrogens is 7. The summed E-state index contributed by atoms with van der Waals surface area (Å²) in [7, 11) is 0. The lowest BCUT2D eigenvalue weighted by Crippen LogP contribution is -2.34. The van der Waals surface area contributed by atoms with E-state index in [1.54, 1.807) is 10.9 Å². The van der Waals surface area contributed by atoms with Gasteiger partial charge in [0.2, 0.25) is 0 Å². The Bertz CT molecular complexity index is 1750. The summed E-state index contributed by atoms with van der Waals surface area (Å²) in [5.41, 5.74) is 5.51. The second-order valence-corrected chi connectivity index (χ2v) is 9.78. The molecule has 1 aliphatic rings. The van der Waals surface area contributed by atoms with E-state index in [2.05, 4.69) is 36.5 Å². The highest BCUT2D eigenvalue weighted by atomic mass is 19.1. The molecule has 5 heterocycles. The van der Waals surface area contributed by atoms with Crippen molar-refractivity contribution in [2.75, 3.05) is 13.1 Å². The lowest BCUT2D eigenvalue weighted by molar-refractivity contribution is 0.194. The van der Waals surface area contributed by atoms with Gasteiger partial charge >= 0.3 is 0 Å². The molecule has 0 amide bonds. The van der Waals surface area contributed by atoms with Crippen LogP contribution in [0.15, 0.2) is 73.3 Å². The van der Waals surface area contributed by atoms with Crippen LogP contribution < -0.4 is 0 Å². The largest absolute Gasteiger partial charge is 0.306 e. The summed E-state index contributed by atoms with van der Waals surface area (Å²) in [6.45, 7) is 1.71. The molecule has 0 radical (unpaired) electrons. The van der Waals surface area contributed by atoms with Gasteiger partial charge in [0, 0.05) is 54.1 Å². The molecular formula is C28H24F2N8. The van der Waals surface area contributed by atoms with Crippen LogP contribution in [-0.2, 0) is 6.54 Å². The van der Waals surface area contributed by atoms with Gasteiger partial charge in [0.15, 0.2) is 0 Å². The van der Waals surface area contributed by atoms with Crippen LogP contribution in [0, 0.1) is 11.6 Å². The number of rotatable bonds is 5. The minimum atomic E-state index is -0.503. The predicted molar refractivity (Wildman–Crippen MR) is 139 cm³/mol. The Kier molecular flexibility index (Phi) is 5.47. The number of halogens is 2. The quantitative estimate of drug-likeness (QED) is 0.348. The maximum Gasteiger partial charge on any atom is 0.136 e. The lowest BCUT2D eigenvalue weighted by Gasteiger charge is -2.31. The van der Waals surface area contributed by atoms with Gasteiger partial charge < -0.3 is 4.40 Å². The van der Waals surface area contributed by atoms with Crippen LogP contribution in [0.5, 0.6) is 0 Å². The number of imidazole rings is 1. The molecule has 0 spiro atoms. The Balaban J connectivity index is 1.14. The summed E-state index contributed by atoms with van der Waals surface area (Å²) in [6.07, 6.45) is 9.54. The molecule has 0 unspecified atom stereocenters. The van der Waals surface area contributed by atoms with Crippen molar-refractivity contribution < 1.29 is 8.78 Å². The fraction of sp³-hybridized carbons (Fsp3) is 0.214. The van der Waals surface area contributed by atoms with Gasteiger partial charge in [-0.2, -0.15) is 5.10 Å². The molecule has 0 aliphatic carbocycles. The number of aromatic amines is 1. The molecule has 1 saturated heterocycles. The molecule has 0 saturated carbocycles. The smallest absolute Gasteiger partial charge is 0.136 e. The minimum absolute atomic E-state index is 0.119. The zero-order valence-electron chi connectivity index (χ0n) is 20.4. The SMILES string of the molecule is Fc1cccc(F)c1CN1CCC[C@@H](c2cn(-c3ccc4[nH]nc(-c5ccc6nccn6c5)c4c3)nn2)C1. The van der Waals surface area contributed by atoms with Gasteiger partial charge in [-0.3, -0.25) is 10.00 Å². The van der Waals surface area contributed by atoms with Gasteiger partial charge in [-0.15, -0.1) is 5.10 Å². The first kappa shape index (κ1) is 22.7. The third-order valence-corrected chi connectivity index (χ3v) is 7.35. The molecule has 190 valence electrons. The number of pyridine rings is 1. The molecule has 4 aromatic heterocycles. The summed E-state index contributed by atoms with van der Waals surface area (Å²) >= 11 is 0. The van der Waals surface area contributed by atoms with Crippen molar-refractivity contribution in [3.8, 4) is 16.9 Å². The van der Waals surface area contributed by atoms with E-state index in [1.807, 2.05) is 47.3 Å². The Morgan fingerprint density at radius 3 is 2.82 bits per heavy atom. The number of likely N-dealkylation sites (tertiary alicyclic amines) is 1. The molecule has 8 nitrogen and oxygen atoms in total. The fourth-order valence-electron chi connectivity index (χ4n) is 5.36. The average molecular weight is 511 g/mol. The van der Waals surface area contributed by atoms with Gasteiger partial charge in [0.25, 0.3) is 0 Å². The molecule has 2 aromatic carbocycles. The Morgan fingerprint density at radius 1 is 1.03 bits per heavy atom. The number of piperidine rings is 1. The van der Waals surface area contributed by atoms with E-state index in [4.69, 9.17) is 0 Å². The van der Waals surface area contributed by atoms with Crippen molar-refractivity contribution in [2.24, 2.45) is 0 Å². The highest BCUT2D eigenvalue weighted by Crippen LogP contribution is 2.30. The minimum Gasteiger partial charge on any atom is -0.306 e. The number of hydrogen-bond acceptors (Lipinski definition) is 5. The summed E-state index contributed by atoms with van der Waals surface area (Å²) in [5, 5.41) is 17.5. The second kappa shape index (κ2) is 9.14. The molecule has 1 aliphatic heterocycles. The van der Waals surface area contributed by atoms with Crippen molar-refractivity contribution in [1.82, 2.24) is 39.5 Å². The van der Waals surface area contributed by atoms with Gasteiger partial charge in [0.1, 0.15) is 23.0 Å². The topological polar surface area (TPSA) is 79.9 Å². The number of nitrogens with one attached hydrogen (secondary N) is 1. The normalized spacial score (nSPS) is 16.5. The van der Waals surface area contributed by atoms with Crippen molar-refractivity contribution in [3.63, 3.8) is 0 Å². The van der Waals surface area contributed by atoms with Crippen LogP contribution in [0.4, 0.5) is 8.78 Å².